The quantitative estimate of drug-likeness (QED) is 0.412. The number of nitrogens with one attached hydrogen (secondary N) is 1. The Morgan fingerprint density at radius 1 is 1.03 bits per heavy atom. The van der Waals surface area contributed by atoms with Crippen LogP contribution < -0.4 is 34.3 Å². The second kappa shape index (κ2) is 10.4. The van der Waals surface area contributed by atoms with Crippen molar-refractivity contribution in [3.05, 3.63) is 94.3 Å². The standard InChI is InChI=1S/C26H26ClN3O3S.Na/c1-17-28-23-14-9-18(15-24(23)30(17)16-19-7-5-6-8-22(19)27)25(31)29-34(32,33)21-12-10-20(11-13-21)26(2,3)4;/h5-15H,16H2,1-4H3,(H,29,31);/q;+1. The molecule has 35 heavy (non-hydrogen) atoms. The van der Waals surface area contributed by atoms with Gasteiger partial charge < -0.3 is 4.57 Å². The number of benzene rings is 3. The van der Waals surface area contributed by atoms with E-state index in [4.69, 9.17) is 11.6 Å². The topological polar surface area (TPSA) is 81.1 Å². The maximum atomic E-state index is 12.9. The van der Waals surface area contributed by atoms with Crippen LogP contribution in [0.15, 0.2) is 71.6 Å². The van der Waals surface area contributed by atoms with E-state index in [1.54, 1.807) is 30.3 Å². The van der Waals surface area contributed by atoms with Gasteiger partial charge in [-0.2, -0.15) is 0 Å². The zero-order valence-electron chi connectivity index (χ0n) is 20.5. The molecule has 0 bridgehead atoms. The average Bonchev–Trinajstić information content (AvgIpc) is 3.09. The number of carbonyl (C=O) groups is 1. The normalized spacial score (nSPS) is 11.8. The molecule has 1 amide bonds. The maximum absolute atomic E-state index is 12.9. The van der Waals surface area contributed by atoms with E-state index in [9.17, 15) is 13.2 Å². The second-order valence-corrected chi connectivity index (χ2v) is 11.3. The van der Waals surface area contributed by atoms with Gasteiger partial charge in [0.1, 0.15) is 5.82 Å². The van der Waals surface area contributed by atoms with Crippen LogP contribution in [-0.4, -0.2) is 23.9 Å². The minimum Gasteiger partial charge on any atom is -0.324 e. The van der Waals surface area contributed by atoms with Crippen molar-refractivity contribution >= 4 is 38.6 Å². The Balaban J connectivity index is 0.00000342. The third kappa shape index (κ3) is 5.98. The number of hydrogen-bond acceptors (Lipinski definition) is 4. The number of rotatable bonds is 5. The van der Waals surface area contributed by atoms with E-state index in [-0.39, 0.29) is 45.4 Å². The summed E-state index contributed by atoms with van der Waals surface area (Å²) in [6, 6.07) is 19.0. The number of hydrogen-bond donors (Lipinski definition) is 1. The number of aryl methyl sites for hydroxylation is 1. The Morgan fingerprint density at radius 2 is 1.69 bits per heavy atom. The molecule has 0 radical (unpaired) electrons. The molecule has 1 aromatic heterocycles. The van der Waals surface area contributed by atoms with Crippen molar-refractivity contribution in [1.29, 1.82) is 0 Å². The van der Waals surface area contributed by atoms with Crippen LogP contribution in [-0.2, 0) is 22.0 Å². The first kappa shape index (κ1) is 27.4. The third-order valence-corrected chi connectivity index (χ3v) is 7.46. The number of aromatic nitrogens is 2. The van der Waals surface area contributed by atoms with Crippen LogP contribution >= 0.6 is 11.6 Å². The third-order valence-electron chi connectivity index (χ3n) is 5.75. The summed E-state index contributed by atoms with van der Waals surface area (Å²) in [5, 5.41) is 0.640. The fourth-order valence-electron chi connectivity index (χ4n) is 3.75. The number of fused-ring (bicyclic) bond motifs is 1. The molecule has 1 N–H and O–H groups in total. The van der Waals surface area contributed by atoms with E-state index in [1.807, 2.05) is 56.5 Å². The molecule has 0 atom stereocenters. The van der Waals surface area contributed by atoms with Gasteiger partial charge in [0.15, 0.2) is 0 Å². The average molecular weight is 519 g/mol. The van der Waals surface area contributed by atoms with Crippen LogP contribution in [0.1, 0.15) is 48.1 Å². The van der Waals surface area contributed by atoms with E-state index >= 15 is 0 Å². The van der Waals surface area contributed by atoms with Crippen molar-refractivity contribution in [1.82, 2.24) is 14.3 Å². The van der Waals surface area contributed by atoms with Gasteiger partial charge in [-0.25, -0.2) is 18.1 Å². The summed E-state index contributed by atoms with van der Waals surface area (Å²) in [5.74, 6) is 0.0592. The van der Waals surface area contributed by atoms with Crippen molar-refractivity contribution in [2.24, 2.45) is 0 Å². The summed E-state index contributed by atoms with van der Waals surface area (Å²) >= 11 is 6.33. The Hall–Kier alpha value is -2.16. The van der Waals surface area contributed by atoms with Crippen LogP contribution in [0.5, 0.6) is 0 Å². The van der Waals surface area contributed by atoms with E-state index in [0.717, 1.165) is 22.5 Å². The van der Waals surface area contributed by atoms with E-state index in [0.29, 0.717) is 17.1 Å². The van der Waals surface area contributed by atoms with E-state index < -0.39 is 15.9 Å². The number of carbonyl (C=O) groups excluding carboxylic acids is 1. The fourth-order valence-corrected chi connectivity index (χ4v) is 4.92. The first-order chi connectivity index (χ1) is 16.0. The SMILES string of the molecule is Cc1nc2ccc(C(=O)NS(=O)(=O)c3ccc(C(C)(C)C)cc3)cc2n1Cc1ccccc1Cl.[Na+]. The monoisotopic (exact) mass is 518 g/mol. The van der Waals surface area contributed by atoms with Crippen LogP contribution in [0, 0.1) is 6.92 Å². The van der Waals surface area contributed by atoms with Gasteiger partial charge in [0.2, 0.25) is 0 Å². The molecule has 0 aliphatic heterocycles. The van der Waals surface area contributed by atoms with Gasteiger partial charge >= 0.3 is 29.6 Å². The minimum absolute atomic E-state index is 0. The number of sulfonamides is 1. The van der Waals surface area contributed by atoms with Crippen molar-refractivity contribution in [3.63, 3.8) is 0 Å². The van der Waals surface area contributed by atoms with Crippen LogP contribution in [0.4, 0.5) is 0 Å². The number of imidazole rings is 1. The molecule has 0 aliphatic rings. The van der Waals surface area contributed by atoms with Gasteiger partial charge in [-0.15, -0.1) is 0 Å². The number of amides is 1. The first-order valence-corrected chi connectivity index (χ1v) is 12.7. The molecule has 0 spiro atoms. The van der Waals surface area contributed by atoms with Crippen LogP contribution in [0.25, 0.3) is 11.0 Å². The van der Waals surface area contributed by atoms with Gasteiger partial charge in [0, 0.05) is 10.6 Å². The molecule has 0 unspecified atom stereocenters. The minimum atomic E-state index is -4.02. The van der Waals surface area contributed by atoms with Crippen molar-refractivity contribution < 1.29 is 42.8 Å². The van der Waals surface area contributed by atoms with Crippen molar-refractivity contribution in [2.75, 3.05) is 0 Å². The molecule has 176 valence electrons. The molecule has 0 saturated heterocycles. The molecule has 0 aliphatic carbocycles. The van der Waals surface area contributed by atoms with Crippen molar-refractivity contribution in [3.8, 4) is 0 Å². The Morgan fingerprint density at radius 3 is 2.31 bits per heavy atom. The largest absolute Gasteiger partial charge is 1.00 e. The molecular weight excluding hydrogens is 493 g/mol. The zero-order valence-corrected chi connectivity index (χ0v) is 24.0. The zero-order chi connectivity index (χ0) is 24.7. The first-order valence-electron chi connectivity index (χ1n) is 10.8. The molecule has 3 aromatic carbocycles. The predicted molar refractivity (Wildman–Crippen MR) is 135 cm³/mol. The summed E-state index contributed by atoms with van der Waals surface area (Å²) in [5.41, 5.74) is 3.47. The molecule has 0 fully saturated rings. The molecule has 9 heteroatoms. The Bertz CT molecular complexity index is 1490. The molecule has 4 rings (SSSR count). The molecule has 0 saturated carbocycles. The Kier molecular flexibility index (Phi) is 8.19. The molecular formula is C26H26ClN3NaO3S+. The summed E-state index contributed by atoms with van der Waals surface area (Å²) in [4.78, 5) is 17.5. The van der Waals surface area contributed by atoms with Crippen LogP contribution in [0.2, 0.25) is 5.02 Å². The predicted octanol–water partition coefficient (Wildman–Crippen LogP) is 2.47. The van der Waals surface area contributed by atoms with Gasteiger partial charge in [-0.3, -0.25) is 4.79 Å². The van der Waals surface area contributed by atoms with E-state index in [1.165, 1.54) is 12.1 Å². The van der Waals surface area contributed by atoms with Gasteiger partial charge in [-0.1, -0.05) is 62.7 Å². The summed E-state index contributed by atoms with van der Waals surface area (Å²) in [6.07, 6.45) is 0. The van der Waals surface area contributed by atoms with Crippen molar-refractivity contribution in [2.45, 2.75) is 44.6 Å². The fraction of sp³-hybridized carbons (Fsp3) is 0.231. The molecule has 6 nitrogen and oxygen atoms in total. The van der Waals surface area contributed by atoms with E-state index in [2.05, 4.69) is 9.71 Å². The van der Waals surface area contributed by atoms with Gasteiger partial charge in [0.05, 0.1) is 22.5 Å². The number of halogens is 1. The van der Waals surface area contributed by atoms with Crippen LogP contribution in [0.3, 0.4) is 0 Å². The number of nitrogens with zero attached hydrogens (tertiary/aromatic N) is 2. The summed E-state index contributed by atoms with van der Waals surface area (Å²) < 4.78 is 29.8. The summed E-state index contributed by atoms with van der Waals surface area (Å²) in [6.45, 7) is 8.50. The summed E-state index contributed by atoms with van der Waals surface area (Å²) in [7, 11) is -4.02. The second-order valence-electron chi connectivity index (χ2n) is 9.25. The molecule has 1 heterocycles. The smallest absolute Gasteiger partial charge is 0.324 e. The van der Waals surface area contributed by atoms with Gasteiger partial charge in [0.25, 0.3) is 15.9 Å². The molecule has 4 aromatic rings. The Labute approximate surface area is 233 Å². The van der Waals surface area contributed by atoms with Gasteiger partial charge in [-0.05, 0) is 59.9 Å². The maximum Gasteiger partial charge on any atom is 1.00 e.